The summed E-state index contributed by atoms with van der Waals surface area (Å²) in [6.07, 6.45) is 7.19. The van der Waals surface area contributed by atoms with Crippen LogP contribution in [0.5, 0.6) is 11.5 Å². The zero-order valence-electron chi connectivity index (χ0n) is 30.5. The van der Waals surface area contributed by atoms with Gasteiger partial charge in [-0.25, -0.2) is 19.3 Å². The molecule has 12 nitrogen and oxygen atoms in total. The number of rotatable bonds is 15. The van der Waals surface area contributed by atoms with Crippen LogP contribution < -0.4 is 20.3 Å². The van der Waals surface area contributed by atoms with Crippen LogP contribution in [0.3, 0.4) is 0 Å². The van der Waals surface area contributed by atoms with Gasteiger partial charge in [0.05, 0.1) is 59.0 Å². The number of hydrazone groups is 2. The molecule has 0 spiro atoms. The number of benzene rings is 4. The van der Waals surface area contributed by atoms with Gasteiger partial charge in [-0.2, -0.15) is 20.4 Å². The van der Waals surface area contributed by atoms with Crippen LogP contribution in [-0.2, 0) is 0 Å². The predicted molar refractivity (Wildman–Crippen MR) is 225 cm³/mol. The summed E-state index contributed by atoms with van der Waals surface area (Å²) in [6.45, 7) is 4.89. The van der Waals surface area contributed by atoms with Crippen LogP contribution in [0.15, 0.2) is 143 Å². The van der Waals surface area contributed by atoms with Crippen LogP contribution in [0.2, 0.25) is 0 Å². The fourth-order valence-electron chi connectivity index (χ4n) is 5.82. The molecule has 0 aliphatic heterocycles. The van der Waals surface area contributed by atoms with Crippen molar-refractivity contribution >= 4 is 45.4 Å². The Morgan fingerprint density at radius 2 is 0.982 bits per heavy atom. The summed E-state index contributed by atoms with van der Waals surface area (Å²) in [7, 11) is 0. The summed E-state index contributed by atoms with van der Waals surface area (Å²) in [5, 5.41) is 23.2. The number of anilines is 2. The van der Waals surface area contributed by atoms with Crippen molar-refractivity contribution in [3.63, 3.8) is 0 Å². The van der Waals surface area contributed by atoms with E-state index in [9.17, 15) is 0 Å². The molecule has 0 amide bonds. The monoisotopic (exact) mass is 776 g/mol. The molecule has 0 fully saturated rings. The van der Waals surface area contributed by atoms with Crippen molar-refractivity contribution in [3.05, 3.63) is 155 Å². The van der Waals surface area contributed by atoms with Gasteiger partial charge in [-0.3, -0.25) is 10.9 Å². The van der Waals surface area contributed by atoms with Crippen molar-refractivity contribution in [2.75, 3.05) is 24.1 Å². The third-order valence-corrected chi connectivity index (χ3v) is 10.2. The van der Waals surface area contributed by atoms with Gasteiger partial charge in [0.2, 0.25) is 10.3 Å². The highest BCUT2D eigenvalue weighted by Crippen LogP contribution is 2.30. The molecule has 8 aromatic rings. The number of thiazole rings is 2. The maximum atomic E-state index is 5.88. The third kappa shape index (κ3) is 8.57. The van der Waals surface area contributed by atoms with Gasteiger partial charge in [0.1, 0.15) is 24.7 Å². The number of aromatic nitrogens is 6. The third-order valence-electron chi connectivity index (χ3n) is 8.71. The second-order valence-corrected chi connectivity index (χ2v) is 14.1. The van der Waals surface area contributed by atoms with Crippen molar-refractivity contribution in [2.45, 2.75) is 13.8 Å². The van der Waals surface area contributed by atoms with Gasteiger partial charge in [0.15, 0.2) is 0 Å². The first-order chi connectivity index (χ1) is 27.6. The lowest BCUT2D eigenvalue weighted by molar-refractivity contribution is 0.217. The average Bonchev–Trinajstić information content (AvgIpc) is 4.06. The highest BCUT2D eigenvalue weighted by Gasteiger charge is 2.14. The Labute approximate surface area is 331 Å². The van der Waals surface area contributed by atoms with Crippen molar-refractivity contribution in [3.8, 4) is 45.4 Å². The molecule has 0 unspecified atom stereocenters. The van der Waals surface area contributed by atoms with E-state index in [2.05, 4.69) is 31.3 Å². The van der Waals surface area contributed by atoms with E-state index in [1.165, 1.54) is 22.7 Å². The number of ether oxygens (including phenoxy) is 2. The quantitative estimate of drug-likeness (QED) is 0.0599. The highest BCUT2D eigenvalue weighted by atomic mass is 32.1. The Bertz CT molecular complexity index is 2380. The lowest BCUT2D eigenvalue weighted by Crippen LogP contribution is -2.09. The second kappa shape index (κ2) is 17.1. The van der Waals surface area contributed by atoms with E-state index in [1.807, 2.05) is 156 Å². The minimum atomic E-state index is 0.403. The van der Waals surface area contributed by atoms with Crippen molar-refractivity contribution < 1.29 is 9.47 Å². The molecule has 0 saturated heterocycles. The van der Waals surface area contributed by atoms with E-state index in [1.54, 1.807) is 12.4 Å². The normalized spacial score (nSPS) is 11.4. The van der Waals surface area contributed by atoms with Crippen LogP contribution in [0.25, 0.3) is 33.9 Å². The summed E-state index contributed by atoms with van der Waals surface area (Å²) in [4.78, 5) is 9.40. The predicted octanol–water partition coefficient (Wildman–Crippen LogP) is 9.27. The standard InChI is InChI=1S/C42H36N10O2S2/c1-29-37(25-45-51(29)33-9-5-3-6-10-33)39-27-55-41(47-39)49-43-23-31-13-17-35(18-14-31)53-21-22-54-36-19-15-32(16-20-36)24-44-50-42-48-40(28-56-42)38-26-46-52(30(38)2)34-11-7-4-8-12-34/h3-20,23-28H,21-22H2,1-2H3,(H,47,49)(H,48,50)/b43-23+,44-24+. The van der Waals surface area contributed by atoms with Crippen LogP contribution in [0.1, 0.15) is 22.5 Å². The minimum absolute atomic E-state index is 0.403. The number of para-hydroxylation sites is 2. The Morgan fingerprint density at radius 1 is 0.571 bits per heavy atom. The van der Waals surface area contributed by atoms with Crippen LogP contribution in [-0.4, -0.2) is 55.2 Å². The zero-order valence-corrected chi connectivity index (χ0v) is 32.1. The fourth-order valence-corrected chi connectivity index (χ4v) is 7.14. The molecular weight excluding hydrogens is 741 g/mol. The van der Waals surface area contributed by atoms with E-state index in [-0.39, 0.29) is 0 Å². The van der Waals surface area contributed by atoms with Crippen LogP contribution in [0, 0.1) is 13.8 Å². The Hall–Kier alpha value is -6.90. The summed E-state index contributed by atoms with van der Waals surface area (Å²) in [5.74, 6) is 1.50. The largest absolute Gasteiger partial charge is 0.490 e. The molecule has 14 heteroatoms. The zero-order chi connectivity index (χ0) is 38.1. The molecule has 4 heterocycles. The van der Waals surface area contributed by atoms with E-state index < -0.39 is 0 Å². The Kier molecular flexibility index (Phi) is 11.0. The molecule has 4 aromatic heterocycles. The van der Waals surface area contributed by atoms with Gasteiger partial charge in [-0.05, 0) is 97.8 Å². The second-order valence-electron chi connectivity index (χ2n) is 12.4. The van der Waals surface area contributed by atoms with Gasteiger partial charge in [0.25, 0.3) is 0 Å². The molecule has 0 aliphatic carbocycles. The highest BCUT2D eigenvalue weighted by molar-refractivity contribution is 7.14. The van der Waals surface area contributed by atoms with Crippen molar-refractivity contribution in [1.29, 1.82) is 0 Å². The fraction of sp³-hybridized carbons (Fsp3) is 0.0952. The smallest absolute Gasteiger partial charge is 0.203 e. The number of hydrogen-bond donors (Lipinski definition) is 2. The van der Waals surface area contributed by atoms with Gasteiger partial charge in [-0.1, -0.05) is 36.4 Å². The first-order valence-electron chi connectivity index (χ1n) is 17.7. The van der Waals surface area contributed by atoms with E-state index >= 15 is 0 Å². The van der Waals surface area contributed by atoms with E-state index in [0.717, 1.165) is 67.9 Å². The molecule has 2 N–H and O–H groups in total. The molecule has 8 rings (SSSR count). The van der Waals surface area contributed by atoms with Gasteiger partial charge < -0.3 is 9.47 Å². The first kappa shape index (κ1) is 36.1. The summed E-state index contributed by atoms with van der Waals surface area (Å²) in [5.41, 5.74) is 15.7. The SMILES string of the molecule is Cc1c(-c2csc(N/N=C/c3ccc(OCCOc4ccc(/C=N/Nc5nc(-c6cnn(-c7ccccc7)c6C)cs5)cc4)cc3)n2)cnn1-c1ccccc1. The number of hydrogen-bond acceptors (Lipinski definition) is 12. The van der Waals surface area contributed by atoms with Gasteiger partial charge in [-0.15, -0.1) is 22.7 Å². The minimum Gasteiger partial charge on any atom is -0.490 e. The Balaban J connectivity index is 0.750. The van der Waals surface area contributed by atoms with Crippen molar-refractivity contribution in [1.82, 2.24) is 29.5 Å². The average molecular weight is 777 g/mol. The number of nitrogens with one attached hydrogen (secondary N) is 2. The maximum absolute atomic E-state index is 5.88. The molecule has 0 aliphatic rings. The van der Waals surface area contributed by atoms with E-state index in [0.29, 0.717) is 23.5 Å². The van der Waals surface area contributed by atoms with E-state index in [4.69, 9.17) is 19.4 Å². The molecule has 0 saturated carbocycles. The van der Waals surface area contributed by atoms with Crippen LogP contribution in [0.4, 0.5) is 10.3 Å². The summed E-state index contributed by atoms with van der Waals surface area (Å²) in [6, 6.07) is 35.5. The van der Waals surface area contributed by atoms with Gasteiger partial charge >= 0.3 is 0 Å². The molecular formula is C42H36N10O2S2. The van der Waals surface area contributed by atoms with Gasteiger partial charge in [0, 0.05) is 21.9 Å². The molecule has 278 valence electrons. The summed E-state index contributed by atoms with van der Waals surface area (Å²) >= 11 is 2.98. The van der Waals surface area contributed by atoms with Crippen LogP contribution >= 0.6 is 22.7 Å². The molecule has 0 radical (unpaired) electrons. The lowest BCUT2D eigenvalue weighted by atomic mass is 10.2. The maximum Gasteiger partial charge on any atom is 0.203 e. The first-order valence-corrected chi connectivity index (χ1v) is 19.5. The lowest BCUT2D eigenvalue weighted by Gasteiger charge is -2.08. The topological polar surface area (TPSA) is 129 Å². The Morgan fingerprint density at radius 3 is 1.39 bits per heavy atom. The van der Waals surface area contributed by atoms with Crippen molar-refractivity contribution in [2.24, 2.45) is 10.2 Å². The summed E-state index contributed by atoms with van der Waals surface area (Å²) < 4.78 is 15.6. The molecule has 56 heavy (non-hydrogen) atoms. The number of nitrogens with zero attached hydrogens (tertiary/aromatic N) is 8. The molecule has 4 aromatic carbocycles. The molecule has 0 atom stereocenters. The molecule has 0 bridgehead atoms.